The van der Waals surface area contributed by atoms with Gasteiger partial charge in [-0.05, 0) is 83.5 Å². The first-order valence-electron chi connectivity index (χ1n) is 29.8. The van der Waals surface area contributed by atoms with Gasteiger partial charge >= 0.3 is 5.97 Å². The molecule has 0 aliphatic heterocycles. The van der Waals surface area contributed by atoms with E-state index >= 15 is 0 Å². The molecular weight excluding hydrogens is 827 g/mol. The van der Waals surface area contributed by atoms with Crippen LogP contribution in [0.2, 0.25) is 0 Å². The molecule has 6 nitrogen and oxygen atoms in total. The van der Waals surface area contributed by atoms with Crippen molar-refractivity contribution in [3.8, 4) is 0 Å². The number of carbonyl (C=O) groups excluding carboxylic acids is 2. The van der Waals surface area contributed by atoms with Crippen LogP contribution in [0.4, 0.5) is 0 Å². The zero-order chi connectivity index (χ0) is 48.6. The van der Waals surface area contributed by atoms with E-state index in [1.54, 1.807) is 6.08 Å². The molecule has 0 rings (SSSR count). The van der Waals surface area contributed by atoms with Crippen LogP contribution < -0.4 is 5.32 Å². The van der Waals surface area contributed by atoms with Crippen LogP contribution in [-0.4, -0.2) is 47.4 Å². The molecule has 0 fully saturated rings. The lowest BCUT2D eigenvalue weighted by Gasteiger charge is -2.20. The first-order valence-corrected chi connectivity index (χ1v) is 29.8. The molecule has 3 N–H and O–H groups in total. The lowest BCUT2D eigenvalue weighted by Crippen LogP contribution is -2.45. The number of esters is 1. The number of aliphatic hydroxyl groups excluding tert-OH is 2. The fraction of sp³-hybridized carbons (Fsp3) is 0.869. The van der Waals surface area contributed by atoms with Gasteiger partial charge in [-0.25, -0.2) is 0 Å². The van der Waals surface area contributed by atoms with Crippen molar-refractivity contribution in [3.63, 3.8) is 0 Å². The summed E-state index contributed by atoms with van der Waals surface area (Å²) in [6.07, 6.45) is 70.3. The van der Waals surface area contributed by atoms with Crippen LogP contribution in [0.3, 0.4) is 0 Å². The van der Waals surface area contributed by atoms with Crippen molar-refractivity contribution in [2.24, 2.45) is 0 Å². The Hall–Kier alpha value is -1.92. The molecule has 0 spiro atoms. The summed E-state index contributed by atoms with van der Waals surface area (Å²) in [4.78, 5) is 24.5. The Labute approximate surface area is 417 Å². The van der Waals surface area contributed by atoms with Gasteiger partial charge in [0.15, 0.2) is 0 Å². The predicted molar refractivity (Wildman–Crippen MR) is 292 cm³/mol. The lowest BCUT2D eigenvalue weighted by molar-refractivity contribution is -0.143. The number of aliphatic hydroxyl groups is 2. The number of hydrogen-bond acceptors (Lipinski definition) is 5. The molecule has 0 aromatic carbocycles. The van der Waals surface area contributed by atoms with Crippen LogP contribution >= 0.6 is 0 Å². The molecule has 2 unspecified atom stereocenters. The van der Waals surface area contributed by atoms with Gasteiger partial charge in [0.25, 0.3) is 0 Å². The van der Waals surface area contributed by atoms with E-state index in [1.807, 2.05) is 6.08 Å². The van der Waals surface area contributed by atoms with Crippen LogP contribution in [0.25, 0.3) is 0 Å². The third-order valence-corrected chi connectivity index (χ3v) is 13.6. The number of ether oxygens (including phenoxy) is 1. The van der Waals surface area contributed by atoms with Crippen molar-refractivity contribution in [1.29, 1.82) is 0 Å². The Bertz CT molecular complexity index is 1090. The summed E-state index contributed by atoms with van der Waals surface area (Å²) < 4.78 is 5.47. The highest BCUT2D eigenvalue weighted by atomic mass is 16.5. The van der Waals surface area contributed by atoms with Crippen LogP contribution in [0.15, 0.2) is 36.5 Å². The molecule has 0 saturated heterocycles. The second-order valence-electron chi connectivity index (χ2n) is 20.3. The summed E-state index contributed by atoms with van der Waals surface area (Å²) in [5.74, 6) is -0.0700. The van der Waals surface area contributed by atoms with Gasteiger partial charge in [-0.1, -0.05) is 256 Å². The second-order valence-corrected chi connectivity index (χ2v) is 20.3. The van der Waals surface area contributed by atoms with E-state index in [9.17, 15) is 19.8 Å². The van der Waals surface area contributed by atoms with Gasteiger partial charge in [0.2, 0.25) is 5.91 Å². The minimum absolute atomic E-state index is 0.00321. The molecule has 0 aromatic heterocycles. The van der Waals surface area contributed by atoms with Gasteiger partial charge in [-0.3, -0.25) is 9.59 Å². The van der Waals surface area contributed by atoms with E-state index in [2.05, 4.69) is 43.5 Å². The Kier molecular flexibility index (Phi) is 55.0. The minimum atomic E-state index is -0.846. The van der Waals surface area contributed by atoms with Gasteiger partial charge in [-0.15, -0.1) is 0 Å². The van der Waals surface area contributed by atoms with Crippen LogP contribution in [0, 0.1) is 0 Å². The zero-order valence-corrected chi connectivity index (χ0v) is 44.9. The molecule has 0 aliphatic rings. The van der Waals surface area contributed by atoms with E-state index in [1.165, 1.54) is 244 Å². The molecule has 2 atom stereocenters. The molecule has 0 aromatic rings. The maximum atomic E-state index is 12.4. The van der Waals surface area contributed by atoms with Crippen LogP contribution in [0.5, 0.6) is 0 Å². The van der Waals surface area contributed by atoms with Gasteiger partial charge in [-0.2, -0.15) is 0 Å². The van der Waals surface area contributed by atoms with Gasteiger partial charge < -0.3 is 20.3 Å². The molecule has 0 aliphatic carbocycles. The first-order chi connectivity index (χ1) is 33.0. The highest BCUT2D eigenvalue weighted by molar-refractivity contribution is 5.76. The highest BCUT2D eigenvalue weighted by Crippen LogP contribution is 2.16. The summed E-state index contributed by atoms with van der Waals surface area (Å²) in [5.41, 5.74) is 0. The van der Waals surface area contributed by atoms with Gasteiger partial charge in [0.1, 0.15) is 0 Å². The maximum Gasteiger partial charge on any atom is 0.305 e. The first kappa shape index (κ1) is 65.1. The molecule has 6 heteroatoms. The monoisotopic (exact) mass is 942 g/mol. The van der Waals surface area contributed by atoms with Crippen molar-refractivity contribution in [1.82, 2.24) is 5.32 Å². The Balaban J connectivity index is 3.41. The summed E-state index contributed by atoms with van der Waals surface area (Å²) in [7, 11) is 0. The van der Waals surface area contributed by atoms with E-state index in [-0.39, 0.29) is 18.5 Å². The van der Waals surface area contributed by atoms with Crippen molar-refractivity contribution in [2.45, 2.75) is 328 Å². The van der Waals surface area contributed by atoms with E-state index in [4.69, 9.17) is 4.74 Å². The quantitative estimate of drug-likeness (QED) is 0.0321. The molecule has 0 saturated carbocycles. The Morgan fingerprint density at radius 2 is 0.701 bits per heavy atom. The lowest BCUT2D eigenvalue weighted by atomic mass is 10.0. The van der Waals surface area contributed by atoms with Crippen molar-refractivity contribution in [3.05, 3.63) is 36.5 Å². The van der Waals surface area contributed by atoms with Crippen molar-refractivity contribution < 1.29 is 24.5 Å². The third kappa shape index (κ3) is 53.3. The number of amides is 1. The number of nitrogens with one attached hydrogen (secondary N) is 1. The summed E-state index contributed by atoms with van der Waals surface area (Å²) in [6, 6.07) is -0.630. The van der Waals surface area contributed by atoms with Gasteiger partial charge in [0, 0.05) is 12.8 Å². The maximum absolute atomic E-state index is 12.4. The Morgan fingerprint density at radius 1 is 0.403 bits per heavy atom. The summed E-state index contributed by atoms with van der Waals surface area (Å²) in [6.45, 7) is 4.89. The normalized spacial score (nSPS) is 12.8. The SMILES string of the molecule is CCCCCCC/C=C\CCCCCCCC(=O)OCCCCCCCCCCCCCC/C=C\CCCCCCCCCCC(=O)NC(CO)C(O)/C=C/CCCCCCCCCCCC. The standard InChI is InChI=1S/C61H115NO5/c1-3-5-7-9-11-13-15-17-31-35-39-43-47-51-55-61(66)67-56-52-48-44-40-36-32-29-27-25-23-21-19-18-20-22-24-26-28-30-34-38-42-46-50-54-60(65)62-58(57-63)59(64)53-49-45-41-37-33-16-14-12-10-8-6-4-2/h15,17,20,22,49,53,58-59,63-64H,3-14,16,18-19,21,23-48,50-52,54-57H2,1-2H3,(H,62,65)/b17-15-,22-20-,53-49+. The van der Waals surface area contributed by atoms with E-state index in [0.717, 1.165) is 44.9 Å². The largest absolute Gasteiger partial charge is 0.466 e. The summed E-state index contributed by atoms with van der Waals surface area (Å²) in [5, 5.41) is 23.0. The van der Waals surface area contributed by atoms with E-state index < -0.39 is 12.1 Å². The van der Waals surface area contributed by atoms with Gasteiger partial charge in [0.05, 0.1) is 25.4 Å². The van der Waals surface area contributed by atoms with Crippen molar-refractivity contribution in [2.75, 3.05) is 13.2 Å². The number of unbranched alkanes of at least 4 members (excludes halogenated alkanes) is 40. The second kappa shape index (κ2) is 56.7. The fourth-order valence-corrected chi connectivity index (χ4v) is 9.03. The fourth-order valence-electron chi connectivity index (χ4n) is 9.03. The third-order valence-electron chi connectivity index (χ3n) is 13.6. The molecular formula is C61H115NO5. The number of hydrogen-bond donors (Lipinski definition) is 3. The number of rotatable bonds is 55. The highest BCUT2D eigenvalue weighted by Gasteiger charge is 2.18. The molecule has 0 radical (unpaired) electrons. The molecule has 0 heterocycles. The average molecular weight is 943 g/mol. The minimum Gasteiger partial charge on any atom is -0.466 e. The smallest absolute Gasteiger partial charge is 0.305 e. The number of carbonyl (C=O) groups is 2. The predicted octanol–water partition coefficient (Wildman–Crippen LogP) is 18.4. The van der Waals surface area contributed by atoms with Crippen LogP contribution in [-0.2, 0) is 14.3 Å². The van der Waals surface area contributed by atoms with Crippen LogP contribution in [0.1, 0.15) is 316 Å². The molecule has 0 bridgehead atoms. The Morgan fingerprint density at radius 3 is 1.06 bits per heavy atom. The topological polar surface area (TPSA) is 95.9 Å². The summed E-state index contributed by atoms with van der Waals surface area (Å²) >= 11 is 0. The zero-order valence-electron chi connectivity index (χ0n) is 44.9. The number of allylic oxidation sites excluding steroid dienone is 5. The molecule has 67 heavy (non-hydrogen) atoms. The van der Waals surface area contributed by atoms with E-state index in [0.29, 0.717) is 19.4 Å². The molecule has 1 amide bonds. The molecule has 394 valence electrons. The average Bonchev–Trinajstić information content (AvgIpc) is 3.33. The van der Waals surface area contributed by atoms with Crippen molar-refractivity contribution >= 4 is 11.9 Å².